The first-order valence-corrected chi connectivity index (χ1v) is 10.8. The van der Waals surface area contributed by atoms with E-state index in [1.165, 1.54) is 40.7 Å². The van der Waals surface area contributed by atoms with E-state index in [0.717, 1.165) is 44.8 Å². The molecule has 3 aromatic carbocycles. The van der Waals surface area contributed by atoms with E-state index in [2.05, 4.69) is 84.6 Å². The average Bonchev–Trinajstić information content (AvgIpc) is 2.72. The molecule has 2 bridgehead atoms. The van der Waals surface area contributed by atoms with Crippen molar-refractivity contribution in [3.05, 3.63) is 101 Å². The van der Waals surface area contributed by atoms with Gasteiger partial charge >= 0.3 is 0 Å². The highest BCUT2D eigenvalue weighted by Crippen LogP contribution is 2.25. The van der Waals surface area contributed by atoms with Crippen molar-refractivity contribution in [2.75, 3.05) is 13.2 Å². The molecule has 4 rings (SSSR count). The topological polar surface area (TPSA) is 12.5 Å². The Hall–Kier alpha value is -2.58. The third kappa shape index (κ3) is 5.71. The van der Waals surface area contributed by atoms with Gasteiger partial charge in [0.15, 0.2) is 0 Å². The lowest BCUT2D eigenvalue weighted by atomic mass is 10.00. The predicted octanol–water partition coefficient (Wildman–Crippen LogP) is 6.15. The standard InChI is InChI=1S/C27H31NO/c1-22-13-14-27-26(17-22)19-24-11-8-12-25(18-24)21-28(15-6-3-7-16-29-27)20-23-9-4-2-5-10-23/h2,4-5,8-14,17-18H,3,6-7,15-16,19-21H2,1H3. The molecule has 0 saturated heterocycles. The highest BCUT2D eigenvalue weighted by Gasteiger charge is 2.11. The Balaban J connectivity index is 1.58. The van der Waals surface area contributed by atoms with Crippen molar-refractivity contribution in [1.29, 1.82) is 0 Å². The van der Waals surface area contributed by atoms with E-state index in [1.54, 1.807) is 0 Å². The van der Waals surface area contributed by atoms with Gasteiger partial charge in [0.1, 0.15) is 5.75 Å². The summed E-state index contributed by atoms with van der Waals surface area (Å²) in [6.07, 6.45) is 4.44. The minimum absolute atomic E-state index is 0.800. The lowest BCUT2D eigenvalue weighted by Gasteiger charge is -2.23. The number of nitrogens with zero attached hydrogens (tertiary/aromatic N) is 1. The van der Waals surface area contributed by atoms with Crippen molar-refractivity contribution in [1.82, 2.24) is 4.90 Å². The molecule has 0 aromatic heterocycles. The Morgan fingerprint density at radius 3 is 2.59 bits per heavy atom. The number of aryl methyl sites for hydroxylation is 1. The molecular weight excluding hydrogens is 354 g/mol. The quantitative estimate of drug-likeness (QED) is 0.524. The Morgan fingerprint density at radius 1 is 0.828 bits per heavy atom. The van der Waals surface area contributed by atoms with Crippen molar-refractivity contribution in [2.45, 2.75) is 45.7 Å². The molecule has 0 amide bonds. The summed E-state index contributed by atoms with van der Waals surface area (Å²) < 4.78 is 6.17. The summed E-state index contributed by atoms with van der Waals surface area (Å²) in [5, 5.41) is 0. The van der Waals surface area contributed by atoms with Gasteiger partial charge in [0, 0.05) is 19.5 Å². The van der Waals surface area contributed by atoms with Crippen molar-refractivity contribution in [3.63, 3.8) is 0 Å². The van der Waals surface area contributed by atoms with Crippen LogP contribution in [0.2, 0.25) is 0 Å². The van der Waals surface area contributed by atoms with Gasteiger partial charge in [-0.3, -0.25) is 4.90 Å². The predicted molar refractivity (Wildman–Crippen MR) is 120 cm³/mol. The minimum atomic E-state index is 0.800. The fourth-order valence-electron chi connectivity index (χ4n) is 4.16. The second kappa shape index (κ2) is 9.76. The Labute approximate surface area is 175 Å². The van der Waals surface area contributed by atoms with Crippen LogP contribution < -0.4 is 4.74 Å². The van der Waals surface area contributed by atoms with Crippen LogP contribution in [0.1, 0.15) is 47.1 Å². The summed E-state index contributed by atoms with van der Waals surface area (Å²) in [7, 11) is 0. The third-order valence-corrected chi connectivity index (χ3v) is 5.63. The van der Waals surface area contributed by atoms with Gasteiger partial charge < -0.3 is 4.74 Å². The molecular formula is C27H31NO. The summed E-state index contributed by atoms with van der Waals surface area (Å²) in [6.45, 7) is 6.08. The normalized spacial score (nSPS) is 15.8. The number of rotatable bonds is 2. The second-order valence-electron chi connectivity index (χ2n) is 8.21. The summed E-state index contributed by atoms with van der Waals surface area (Å²) in [4.78, 5) is 2.58. The number of hydrogen-bond acceptors (Lipinski definition) is 2. The largest absolute Gasteiger partial charge is 0.493 e. The van der Waals surface area contributed by atoms with Crippen LogP contribution in [0.5, 0.6) is 5.75 Å². The molecule has 1 aliphatic rings. The third-order valence-electron chi connectivity index (χ3n) is 5.63. The molecule has 0 aliphatic carbocycles. The first kappa shape index (κ1) is 19.7. The van der Waals surface area contributed by atoms with E-state index < -0.39 is 0 Å². The molecule has 0 spiro atoms. The Morgan fingerprint density at radius 2 is 1.69 bits per heavy atom. The van der Waals surface area contributed by atoms with Gasteiger partial charge in [0.25, 0.3) is 0 Å². The smallest absolute Gasteiger partial charge is 0.122 e. The van der Waals surface area contributed by atoms with E-state index in [9.17, 15) is 0 Å². The van der Waals surface area contributed by atoms with Gasteiger partial charge in [0.05, 0.1) is 6.61 Å². The van der Waals surface area contributed by atoms with Crippen molar-refractivity contribution < 1.29 is 4.74 Å². The summed E-state index contributed by atoms with van der Waals surface area (Å²) >= 11 is 0. The lowest BCUT2D eigenvalue weighted by molar-refractivity contribution is 0.243. The molecule has 1 aliphatic heterocycles. The summed E-state index contributed by atoms with van der Waals surface area (Å²) in [6, 6.07) is 26.5. The number of fused-ring (bicyclic) bond motifs is 3. The molecule has 0 saturated carbocycles. The average molecular weight is 386 g/mol. The zero-order valence-corrected chi connectivity index (χ0v) is 17.4. The van der Waals surface area contributed by atoms with Gasteiger partial charge in [-0.05, 0) is 61.1 Å². The van der Waals surface area contributed by atoms with Gasteiger partial charge in [-0.25, -0.2) is 0 Å². The van der Waals surface area contributed by atoms with Gasteiger partial charge in [-0.1, -0.05) is 72.3 Å². The molecule has 0 N–H and O–H groups in total. The lowest BCUT2D eigenvalue weighted by Crippen LogP contribution is -2.24. The van der Waals surface area contributed by atoms with Crippen LogP contribution in [0.15, 0.2) is 72.8 Å². The molecule has 1 heterocycles. The van der Waals surface area contributed by atoms with E-state index >= 15 is 0 Å². The van der Waals surface area contributed by atoms with Crippen LogP contribution in [-0.2, 0) is 19.5 Å². The van der Waals surface area contributed by atoms with Crippen LogP contribution in [0.4, 0.5) is 0 Å². The maximum atomic E-state index is 6.17. The molecule has 0 radical (unpaired) electrons. The monoisotopic (exact) mass is 385 g/mol. The molecule has 0 fully saturated rings. The SMILES string of the molecule is Cc1ccc2c(c1)Cc1cccc(c1)CN(Cc1ccccc1)CCCCCO2. The van der Waals surface area contributed by atoms with Crippen molar-refractivity contribution in [3.8, 4) is 5.75 Å². The summed E-state index contributed by atoms with van der Waals surface area (Å²) in [5.41, 5.74) is 6.72. The maximum absolute atomic E-state index is 6.17. The van der Waals surface area contributed by atoms with E-state index in [1.807, 2.05) is 0 Å². The molecule has 0 unspecified atom stereocenters. The van der Waals surface area contributed by atoms with E-state index in [0.29, 0.717) is 0 Å². The zero-order chi connectivity index (χ0) is 19.9. The van der Waals surface area contributed by atoms with Crippen LogP contribution in [0, 0.1) is 6.92 Å². The van der Waals surface area contributed by atoms with Gasteiger partial charge in [0.2, 0.25) is 0 Å². The first-order chi connectivity index (χ1) is 14.3. The van der Waals surface area contributed by atoms with Crippen LogP contribution in [-0.4, -0.2) is 18.1 Å². The Bertz CT molecular complexity index is 919. The second-order valence-corrected chi connectivity index (χ2v) is 8.21. The van der Waals surface area contributed by atoms with Gasteiger partial charge in [-0.15, -0.1) is 0 Å². The number of ether oxygens (including phenoxy) is 1. The van der Waals surface area contributed by atoms with Crippen molar-refractivity contribution >= 4 is 0 Å². The van der Waals surface area contributed by atoms with E-state index in [-0.39, 0.29) is 0 Å². The Kier molecular flexibility index (Phi) is 6.63. The van der Waals surface area contributed by atoms with Crippen LogP contribution >= 0.6 is 0 Å². The molecule has 0 atom stereocenters. The van der Waals surface area contributed by atoms with E-state index in [4.69, 9.17) is 4.74 Å². The highest BCUT2D eigenvalue weighted by molar-refractivity contribution is 5.41. The molecule has 29 heavy (non-hydrogen) atoms. The fraction of sp³-hybridized carbons (Fsp3) is 0.333. The molecule has 150 valence electrons. The van der Waals surface area contributed by atoms with Crippen LogP contribution in [0.3, 0.4) is 0 Å². The van der Waals surface area contributed by atoms with Crippen molar-refractivity contribution in [2.24, 2.45) is 0 Å². The molecule has 3 aromatic rings. The molecule has 2 heteroatoms. The summed E-state index contributed by atoms with van der Waals surface area (Å²) in [5.74, 6) is 1.05. The van der Waals surface area contributed by atoms with Crippen LogP contribution in [0.25, 0.3) is 0 Å². The number of benzene rings is 3. The fourth-order valence-corrected chi connectivity index (χ4v) is 4.16. The zero-order valence-electron chi connectivity index (χ0n) is 17.4. The van der Waals surface area contributed by atoms with Gasteiger partial charge in [-0.2, -0.15) is 0 Å². The number of hydrogen-bond donors (Lipinski definition) is 0. The minimum Gasteiger partial charge on any atom is -0.493 e. The first-order valence-electron chi connectivity index (χ1n) is 10.8. The highest BCUT2D eigenvalue weighted by atomic mass is 16.5. The maximum Gasteiger partial charge on any atom is 0.122 e. The molecule has 2 nitrogen and oxygen atoms in total.